The van der Waals surface area contributed by atoms with E-state index in [2.05, 4.69) is 15.6 Å². The molecule has 1 heterocycles. The second kappa shape index (κ2) is 14.3. The van der Waals surface area contributed by atoms with Gasteiger partial charge in [0, 0.05) is 5.56 Å². The zero-order chi connectivity index (χ0) is 32.9. The molecule has 44 heavy (non-hydrogen) atoms. The number of nitrogens with two attached hydrogens (primary N) is 1. The van der Waals surface area contributed by atoms with Crippen molar-refractivity contribution in [2.45, 2.75) is 80.3 Å². The number of amides is 2. The molecule has 1 aromatic carbocycles. The SMILES string of the molecule is CCOC(=O)[C@H](CC(C)C)NC(=O)c1c2nc3c(C(=O)N[C@@H](CC(C)C)C(=O)OCC)ccc(C)c3oc-2c(C)c(=O)c1N. The first-order valence-corrected chi connectivity index (χ1v) is 14.8. The van der Waals surface area contributed by atoms with Crippen molar-refractivity contribution in [3.05, 3.63) is 44.6 Å². The molecule has 0 fully saturated rings. The Kier molecular flexibility index (Phi) is 11.1. The van der Waals surface area contributed by atoms with E-state index in [1.807, 2.05) is 27.7 Å². The summed E-state index contributed by atoms with van der Waals surface area (Å²) in [6, 6.07) is 1.29. The molecule has 238 valence electrons. The Morgan fingerprint density at radius 2 is 1.41 bits per heavy atom. The van der Waals surface area contributed by atoms with E-state index in [-0.39, 0.29) is 76.4 Å². The minimum Gasteiger partial charge on any atom is -0.464 e. The highest BCUT2D eigenvalue weighted by molar-refractivity contribution is 6.09. The van der Waals surface area contributed by atoms with Crippen LogP contribution in [0.15, 0.2) is 21.3 Å². The lowest BCUT2D eigenvalue weighted by atomic mass is 9.98. The Morgan fingerprint density at radius 1 is 0.886 bits per heavy atom. The molecular weight excluding hydrogens is 568 g/mol. The summed E-state index contributed by atoms with van der Waals surface area (Å²) in [6.07, 6.45) is 0.625. The maximum Gasteiger partial charge on any atom is 0.328 e. The number of fused-ring (bicyclic) bond motifs is 2. The van der Waals surface area contributed by atoms with Crippen LogP contribution in [0.2, 0.25) is 0 Å². The van der Waals surface area contributed by atoms with Crippen LogP contribution in [-0.4, -0.2) is 54.0 Å². The van der Waals surface area contributed by atoms with Gasteiger partial charge in [0.1, 0.15) is 23.3 Å². The van der Waals surface area contributed by atoms with Crippen molar-refractivity contribution in [2.75, 3.05) is 18.9 Å². The summed E-state index contributed by atoms with van der Waals surface area (Å²) in [5.74, 6) is -2.47. The number of aromatic nitrogens is 1. The molecule has 1 aliphatic carbocycles. The normalized spacial score (nSPS) is 12.8. The first-order valence-electron chi connectivity index (χ1n) is 14.8. The minimum absolute atomic E-state index is 0.0169. The van der Waals surface area contributed by atoms with Crippen LogP contribution in [0.25, 0.3) is 22.6 Å². The molecule has 0 aromatic heterocycles. The molecule has 0 saturated carbocycles. The van der Waals surface area contributed by atoms with Gasteiger partial charge in [0.2, 0.25) is 5.43 Å². The third kappa shape index (κ3) is 7.35. The maximum absolute atomic E-state index is 13.7. The van der Waals surface area contributed by atoms with Crippen molar-refractivity contribution in [2.24, 2.45) is 11.8 Å². The van der Waals surface area contributed by atoms with Crippen LogP contribution < -0.4 is 21.8 Å². The lowest BCUT2D eigenvalue weighted by molar-refractivity contribution is -0.146. The third-order valence-electron chi connectivity index (χ3n) is 7.04. The standard InChI is InChI=1S/C32H42N4O8/c1-9-42-31(40)20(13-15(3)4)34-29(38)19-12-11-17(7)27-24(19)36-25-22(23(33)26(37)18(8)28(25)44-27)30(39)35-21(14-16(5)6)32(41)43-10-2/h11-12,15-16,20-21H,9-10,13-14,33H2,1-8H3,(H,34,38)(H,35,39)/t20-,21-/m0/s1. The van der Waals surface area contributed by atoms with Gasteiger partial charge in [0.25, 0.3) is 11.8 Å². The van der Waals surface area contributed by atoms with Gasteiger partial charge in [-0.15, -0.1) is 0 Å². The summed E-state index contributed by atoms with van der Waals surface area (Å²) in [5.41, 5.74) is 6.00. The van der Waals surface area contributed by atoms with Gasteiger partial charge < -0.3 is 30.3 Å². The van der Waals surface area contributed by atoms with Crippen LogP contribution in [0.3, 0.4) is 0 Å². The maximum atomic E-state index is 13.7. The number of nitrogens with zero attached hydrogens (tertiary/aromatic N) is 1. The number of hydrogen-bond donors (Lipinski definition) is 3. The second-order valence-corrected chi connectivity index (χ2v) is 11.6. The fourth-order valence-electron chi connectivity index (χ4n) is 4.93. The van der Waals surface area contributed by atoms with Gasteiger partial charge in [0.15, 0.2) is 11.3 Å². The van der Waals surface area contributed by atoms with Crippen LogP contribution in [0.1, 0.15) is 86.2 Å². The zero-order valence-electron chi connectivity index (χ0n) is 26.6. The quantitative estimate of drug-likeness (QED) is 0.155. The van der Waals surface area contributed by atoms with Crippen molar-refractivity contribution in [1.82, 2.24) is 15.6 Å². The van der Waals surface area contributed by atoms with E-state index in [9.17, 15) is 24.0 Å². The van der Waals surface area contributed by atoms with E-state index in [4.69, 9.17) is 19.6 Å². The Morgan fingerprint density at radius 3 is 1.91 bits per heavy atom. The van der Waals surface area contributed by atoms with Crippen LogP contribution in [-0.2, 0) is 19.1 Å². The van der Waals surface area contributed by atoms with Crippen molar-refractivity contribution in [3.63, 3.8) is 0 Å². The van der Waals surface area contributed by atoms with E-state index < -0.39 is 41.3 Å². The van der Waals surface area contributed by atoms with Crippen LogP contribution >= 0.6 is 0 Å². The number of carbonyl (C=O) groups is 4. The number of carbonyl (C=O) groups excluding carboxylic acids is 4. The van der Waals surface area contributed by atoms with E-state index in [0.29, 0.717) is 12.0 Å². The Hall–Kier alpha value is -4.48. The number of benzene rings is 2. The average molecular weight is 611 g/mol. The Labute approximate surface area is 256 Å². The molecule has 2 aliphatic rings. The van der Waals surface area contributed by atoms with E-state index in [1.165, 1.54) is 13.0 Å². The van der Waals surface area contributed by atoms with Crippen molar-refractivity contribution in [3.8, 4) is 11.5 Å². The third-order valence-corrected chi connectivity index (χ3v) is 7.04. The summed E-state index contributed by atoms with van der Waals surface area (Å²) >= 11 is 0. The molecule has 1 aromatic rings. The number of hydrogen-bond acceptors (Lipinski definition) is 10. The van der Waals surface area contributed by atoms with E-state index in [0.717, 1.165) is 0 Å². The highest BCUT2D eigenvalue weighted by atomic mass is 16.5. The lowest BCUT2D eigenvalue weighted by Gasteiger charge is -2.22. The molecule has 0 unspecified atom stereocenters. The summed E-state index contributed by atoms with van der Waals surface area (Å²) in [6.45, 7) is 14.5. The van der Waals surface area contributed by atoms with Crippen molar-refractivity contribution >= 4 is 40.5 Å². The number of nitrogen functional groups attached to an aromatic ring is 1. The molecular formula is C32H42N4O8. The minimum atomic E-state index is -1.00. The van der Waals surface area contributed by atoms with Crippen molar-refractivity contribution < 1.29 is 33.1 Å². The number of esters is 2. The van der Waals surface area contributed by atoms with Crippen LogP contribution in [0.4, 0.5) is 5.69 Å². The molecule has 0 bridgehead atoms. The van der Waals surface area contributed by atoms with E-state index >= 15 is 0 Å². The zero-order valence-corrected chi connectivity index (χ0v) is 26.6. The smallest absolute Gasteiger partial charge is 0.328 e. The highest BCUT2D eigenvalue weighted by Crippen LogP contribution is 2.34. The summed E-state index contributed by atoms with van der Waals surface area (Å²) in [7, 11) is 0. The predicted octanol–water partition coefficient (Wildman–Crippen LogP) is 3.91. The van der Waals surface area contributed by atoms with Gasteiger partial charge in [-0.3, -0.25) is 14.4 Å². The molecule has 3 rings (SSSR count). The van der Waals surface area contributed by atoms with Crippen LogP contribution in [0.5, 0.6) is 0 Å². The number of ether oxygens (including phenoxy) is 2. The summed E-state index contributed by atoms with van der Waals surface area (Å²) < 4.78 is 16.5. The average Bonchev–Trinajstić information content (AvgIpc) is 2.94. The Balaban J connectivity index is 2.22. The molecule has 0 saturated heterocycles. The molecule has 12 nitrogen and oxygen atoms in total. The summed E-state index contributed by atoms with van der Waals surface area (Å²) in [5, 5.41) is 5.40. The van der Waals surface area contributed by atoms with Crippen LogP contribution in [0, 0.1) is 25.7 Å². The molecule has 0 radical (unpaired) electrons. The number of nitrogens with one attached hydrogen (secondary N) is 2. The molecule has 12 heteroatoms. The summed E-state index contributed by atoms with van der Waals surface area (Å²) in [4.78, 5) is 70.4. The van der Waals surface area contributed by atoms with Gasteiger partial charge in [-0.2, -0.15) is 0 Å². The highest BCUT2D eigenvalue weighted by Gasteiger charge is 2.32. The predicted molar refractivity (Wildman–Crippen MR) is 165 cm³/mol. The van der Waals surface area contributed by atoms with Gasteiger partial charge >= 0.3 is 11.9 Å². The lowest BCUT2D eigenvalue weighted by Crippen LogP contribution is -2.43. The second-order valence-electron chi connectivity index (χ2n) is 11.6. The molecule has 1 aliphatic heterocycles. The molecule has 4 N–H and O–H groups in total. The monoisotopic (exact) mass is 610 g/mol. The van der Waals surface area contributed by atoms with Gasteiger partial charge in [-0.25, -0.2) is 14.6 Å². The first kappa shape index (κ1) is 34.0. The van der Waals surface area contributed by atoms with Gasteiger partial charge in [-0.05, 0) is 64.0 Å². The number of rotatable bonds is 12. The largest absolute Gasteiger partial charge is 0.464 e. The Bertz CT molecular complexity index is 1590. The fraction of sp³-hybridized carbons (Fsp3) is 0.500. The topological polar surface area (TPSA) is 180 Å². The van der Waals surface area contributed by atoms with E-state index in [1.54, 1.807) is 26.8 Å². The van der Waals surface area contributed by atoms with Gasteiger partial charge in [0.05, 0.1) is 30.0 Å². The number of anilines is 1. The fourth-order valence-corrected chi connectivity index (χ4v) is 4.93. The number of aryl methyl sites for hydroxylation is 1. The van der Waals surface area contributed by atoms with Crippen molar-refractivity contribution in [1.29, 1.82) is 0 Å². The molecule has 2 atom stereocenters. The molecule has 2 amide bonds. The molecule has 0 spiro atoms. The first-order chi connectivity index (χ1) is 20.7. The van der Waals surface area contributed by atoms with Gasteiger partial charge in [-0.1, -0.05) is 33.8 Å².